The predicted molar refractivity (Wildman–Crippen MR) is 87.5 cm³/mol. The van der Waals surface area contributed by atoms with Crippen LogP contribution in [0, 0.1) is 13.8 Å². The predicted octanol–water partition coefficient (Wildman–Crippen LogP) is 4.49. The van der Waals surface area contributed by atoms with E-state index in [1.54, 1.807) is 14.2 Å². The SMILES string of the molecule is COc1ccc(OC)c(C(C)Nc2ccc(C)c(C)c2)c1. The van der Waals surface area contributed by atoms with Gasteiger partial charge >= 0.3 is 0 Å². The molecule has 1 atom stereocenters. The Balaban J connectivity index is 2.26. The van der Waals surface area contributed by atoms with Crippen LogP contribution in [-0.4, -0.2) is 14.2 Å². The molecule has 0 saturated heterocycles. The van der Waals surface area contributed by atoms with Crippen molar-refractivity contribution in [3.05, 3.63) is 53.1 Å². The fraction of sp³-hybridized carbons (Fsp3) is 0.333. The third kappa shape index (κ3) is 3.48. The molecule has 1 N–H and O–H groups in total. The van der Waals surface area contributed by atoms with Crippen molar-refractivity contribution in [2.45, 2.75) is 26.8 Å². The van der Waals surface area contributed by atoms with Gasteiger partial charge in [-0.1, -0.05) is 6.07 Å². The molecule has 3 nitrogen and oxygen atoms in total. The fourth-order valence-electron chi connectivity index (χ4n) is 2.34. The summed E-state index contributed by atoms with van der Waals surface area (Å²) in [5, 5.41) is 3.52. The lowest BCUT2D eigenvalue weighted by atomic mass is 10.0. The molecule has 112 valence electrons. The number of benzene rings is 2. The lowest BCUT2D eigenvalue weighted by molar-refractivity contribution is 0.397. The van der Waals surface area contributed by atoms with Crippen LogP contribution in [0.4, 0.5) is 5.69 Å². The molecule has 0 spiro atoms. The molecule has 0 amide bonds. The second-order valence-corrected chi connectivity index (χ2v) is 5.27. The van der Waals surface area contributed by atoms with Gasteiger partial charge in [-0.3, -0.25) is 0 Å². The molecule has 0 radical (unpaired) electrons. The van der Waals surface area contributed by atoms with Crippen molar-refractivity contribution in [3.63, 3.8) is 0 Å². The molecule has 0 aliphatic rings. The minimum Gasteiger partial charge on any atom is -0.497 e. The van der Waals surface area contributed by atoms with Crippen LogP contribution in [0.1, 0.15) is 29.7 Å². The van der Waals surface area contributed by atoms with E-state index in [2.05, 4.69) is 44.3 Å². The molecular weight excluding hydrogens is 262 g/mol. The third-order valence-corrected chi connectivity index (χ3v) is 3.79. The third-order valence-electron chi connectivity index (χ3n) is 3.79. The maximum absolute atomic E-state index is 5.45. The molecule has 0 aliphatic heterocycles. The Bertz CT molecular complexity index is 623. The van der Waals surface area contributed by atoms with Gasteiger partial charge in [0.2, 0.25) is 0 Å². The van der Waals surface area contributed by atoms with Gasteiger partial charge in [0.1, 0.15) is 11.5 Å². The van der Waals surface area contributed by atoms with Crippen molar-refractivity contribution in [3.8, 4) is 11.5 Å². The summed E-state index contributed by atoms with van der Waals surface area (Å²) >= 11 is 0. The molecule has 1 unspecified atom stereocenters. The van der Waals surface area contributed by atoms with Crippen LogP contribution in [0.2, 0.25) is 0 Å². The Morgan fingerprint density at radius 3 is 2.29 bits per heavy atom. The zero-order valence-electron chi connectivity index (χ0n) is 13.4. The van der Waals surface area contributed by atoms with Gasteiger partial charge in [-0.05, 0) is 62.2 Å². The molecule has 0 fully saturated rings. The zero-order chi connectivity index (χ0) is 15.4. The molecule has 3 heteroatoms. The summed E-state index contributed by atoms with van der Waals surface area (Å²) in [4.78, 5) is 0. The first kappa shape index (κ1) is 15.2. The fourth-order valence-corrected chi connectivity index (χ4v) is 2.34. The second-order valence-electron chi connectivity index (χ2n) is 5.27. The van der Waals surface area contributed by atoms with Crippen molar-refractivity contribution in [2.75, 3.05) is 19.5 Å². The van der Waals surface area contributed by atoms with Crippen LogP contribution in [0.3, 0.4) is 0 Å². The minimum atomic E-state index is 0.122. The minimum absolute atomic E-state index is 0.122. The van der Waals surface area contributed by atoms with E-state index in [4.69, 9.17) is 9.47 Å². The van der Waals surface area contributed by atoms with Crippen LogP contribution in [0.5, 0.6) is 11.5 Å². The molecule has 21 heavy (non-hydrogen) atoms. The van der Waals surface area contributed by atoms with Gasteiger partial charge < -0.3 is 14.8 Å². The molecule has 0 saturated carbocycles. The van der Waals surface area contributed by atoms with E-state index in [9.17, 15) is 0 Å². The van der Waals surface area contributed by atoms with Crippen LogP contribution in [0.15, 0.2) is 36.4 Å². The number of rotatable bonds is 5. The average Bonchev–Trinajstić information content (AvgIpc) is 2.50. The summed E-state index contributed by atoms with van der Waals surface area (Å²) in [5.74, 6) is 1.69. The van der Waals surface area contributed by atoms with E-state index in [0.29, 0.717) is 0 Å². The molecule has 0 heterocycles. The maximum atomic E-state index is 5.45. The Kier molecular flexibility index (Phi) is 4.73. The van der Waals surface area contributed by atoms with Crippen molar-refractivity contribution in [1.29, 1.82) is 0 Å². The molecule has 2 rings (SSSR count). The van der Waals surface area contributed by atoms with Gasteiger partial charge in [-0.25, -0.2) is 0 Å². The smallest absolute Gasteiger partial charge is 0.124 e. The van der Waals surface area contributed by atoms with Gasteiger partial charge in [-0.2, -0.15) is 0 Å². The first-order chi connectivity index (χ1) is 10.0. The number of aryl methyl sites for hydroxylation is 2. The van der Waals surface area contributed by atoms with Gasteiger partial charge in [0.15, 0.2) is 0 Å². The summed E-state index contributed by atoms with van der Waals surface area (Å²) in [7, 11) is 3.36. The van der Waals surface area contributed by atoms with Crippen LogP contribution in [-0.2, 0) is 0 Å². The number of nitrogens with one attached hydrogen (secondary N) is 1. The largest absolute Gasteiger partial charge is 0.497 e. The van der Waals surface area contributed by atoms with Crippen molar-refractivity contribution in [1.82, 2.24) is 0 Å². The summed E-state index contributed by atoms with van der Waals surface area (Å²) in [6.07, 6.45) is 0. The molecule has 0 aromatic heterocycles. The van der Waals surface area contributed by atoms with E-state index in [-0.39, 0.29) is 6.04 Å². The Morgan fingerprint density at radius 2 is 1.67 bits per heavy atom. The topological polar surface area (TPSA) is 30.5 Å². The number of ether oxygens (including phenoxy) is 2. The van der Waals surface area contributed by atoms with E-state index >= 15 is 0 Å². The van der Waals surface area contributed by atoms with Gasteiger partial charge in [0.05, 0.1) is 20.3 Å². The first-order valence-electron chi connectivity index (χ1n) is 7.11. The van der Waals surface area contributed by atoms with Crippen molar-refractivity contribution < 1.29 is 9.47 Å². The quantitative estimate of drug-likeness (QED) is 0.877. The number of methoxy groups -OCH3 is 2. The van der Waals surface area contributed by atoms with E-state index in [0.717, 1.165) is 22.7 Å². The zero-order valence-corrected chi connectivity index (χ0v) is 13.4. The highest BCUT2D eigenvalue weighted by atomic mass is 16.5. The molecular formula is C18H23NO2. The van der Waals surface area contributed by atoms with E-state index in [1.165, 1.54) is 11.1 Å². The number of anilines is 1. The lowest BCUT2D eigenvalue weighted by Crippen LogP contribution is -2.08. The van der Waals surface area contributed by atoms with E-state index in [1.807, 2.05) is 18.2 Å². The standard InChI is InChI=1S/C18H23NO2/c1-12-6-7-15(10-13(12)2)19-14(3)17-11-16(20-4)8-9-18(17)21-5/h6-11,14,19H,1-5H3. The Labute approximate surface area is 126 Å². The highest BCUT2D eigenvalue weighted by molar-refractivity contribution is 5.52. The first-order valence-corrected chi connectivity index (χ1v) is 7.11. The highest BCUT2D eigenvalue weighted by Gasteiger charge is 2.13. The lowest BCUT2D eigenvalue weighted by Gasteiger charge is -2.20. The summed E-state index contributed by atoms with van der Waals surface area (Å²) in [5.41, 5.74) is 4.77. The van der Waals surface area contributed by atoms with Crippen LogP contribution >= 0.6 is 0 Å². The maximum Gasteiger partial charge on any atom is 0.124 e. The van der Waals surface area contributed by atoms with Crippen LogP contribution < -0.4 is 14.8 Å². The normalized spacial score (nSPS) is 11.9. The van der Waals surface area contributed by atoms with Crippen LogP contribution in [0.25, 0.3) is 0 Å². The Morgan fingerprint density at radius 1 is 0.905 bits per heavy atom. The molecule has 2 aromatic rings. The summed E-state index contributed by atoms with van der Waals surface area (Å²) in [6.45, 7) is 6.36. The monoisotopic (exact) mass is 285 g/mol. The average molecular weight is 285 g/mol. The molecule has 0 aliphatic carbocycles. The Hall–Kier alpha value is -2.16. The van der Waals surface area contributed by atoms with Gasteiger partial charge in [0.25, 0.3) is 0 Å². The van der Waals surface area contributed by atoms with Gasteiger partial charge in [0, 0.05) is 11.3 Å². The van der Waals surface area contributed by atoms with Crippen molar-refractivity contribution >= 4 is 5.69 Å². The van der Waals surface area contributed by atoms with Gasteiger partial charge in [-0.15, -0.1) is 0 Å². The highest BCUT2D eigenvalue weighted by Crippen LogP contribution is 2.31. The summed E-state index contributed by atoms with van der Waals surface area (Å²) in [6, 6.07) is 12.4. The van der Waals surface area contributed by atoms with Crippen molar-refractivity contribution in [2.24, 2.45) is 0 Å². The number of hydrogen-bond donors (Lipinski definition) is 1. The van der Waals surface area contributed by atoms with E-state index < -0.39 is 0 Å². The molecule has 2 aromatic carbocycles. The second kappa shape index (κ2) is 6.53. The number of hydrogen-bond acceptors (Lipinski definition) is 3. The molecule has 0 bridgehead atoms. The summed E-state index contributed by atoms with van der Waals surface area (Å²) < 4.78 is 10.8.